The van der Waals surface area contributed by atoms with E-state index in [-0.39, 0.29) is 5.41 Å². The molecule has 88 valence electrons. The average molecular weight is 240 g/mol. The first-order chi connectivity index (χ1) is 7.29. The Morgan fingerprint density at radius 2 is 1.75 bits per heavy atom. The van der Waals surface area contributed by atoms with Crippen LogP contribution < -0.4 is 0 Å². The zero-order chi connectivity index (χ0) is 12.3. The average Bonchev–Trinajstić information content (AvgIpc) is 2.15. The minimum atomic E-state index is -1.69. The van der Waals surface area contributed by atoms with Gasteiger partial charge in [-0.3, -0.25) is 0 Å². The summed E-state index contributed by atoms with van der Waals surface area (Å²) in [5.41, 5.74) is 0.769. The van der Waals surface area contributed by atoms with Crippen molar-refractivity contribution >= 4 is 10.8 Å². The summed E-state index contributed by atoms with van der Waals surface area (Å²) in [6.07, 6.45) is 1.41. The van der Waals surface area contributed by atoms with Crippen molar-refractivity contribution in [1.29, 1.82) is 0 Å². The highest BCUT2D eigenvalue weighted by molar-refractivity contribution is 7.88. The van der Waals surface area contributed by atoms with Crippen molar-refractivity contribution in [3.8, 4) is 0 Å². The minimum Gasteiger partial charge on any atom is -0.247 e. The van der Waals surface area contributed by atoms with Gasteiger partial charge in [-0.05, 0) is 30.5 Å². The van der Waals surface area contributed by atoms with Gasteiger partial charge in [-0.2, -0.15) is 4.39 Å². The van der Waals surface area contributed by atoms with Crippen LogP contribution in [0.5, 0.6) is 0 Å². The third-order valence-corrected chi connectivity index (χ3v) is 3.13. The van der Waals surface area contributed by atoms with Crippen molar-refractivity contribution in [3.05, 3.63) is 41.1 Å². The molecule has 0 saturated heterocycles. The van der Waals surface area contributed by atoms with Gasteiger partial charge in [0.2, 0.25) is 0 Å². The number of aryl methyl sites for hydroxylation is 1. The monoisotopic (exact) mass is 240 g/mol. The van der Waals surface area contributed by atoms with Gasteiger partial charge in [0, 0.05) is 4.90 Å². The lowest BCUT2D eigenvalue weighted by molar-refractivity contribution is 0.523. The Morgan fingerprint density at radius 1 is 1.25 bits per heavy atom. The van der Waals surface area contributed by atoms with Crippen LogP contribution in [0.4, 0.5) is 4.39 Å². The summed E-state index contributed by atoms with van der Waals surface area (Å²) in [5.74, 6) is 0. The Bertz CT molecular complexity index is 413. The van der Waals surface area contributed by atoms with Gasteiger partial charge in [-0.1, -0.05) is 38.5 Å². The lowest BCUT2D eigenvalue weighted by Gasteiger charge is -2.12. The van der Waals surface area contributed by atoms with Gasteiger partial charge in [-0.15, -0.1) is 0 Å². The van der Waals surface area contributed by atoms with Crippen LogP contribution in [0.25, 0.3) is 0 Å². The quantitative estimate of drug-likeness (QED) is 0.764. The molecule has 0 N–H and O–H groups in total. The molecule has 0 heterocycles. The first-order valence-corrected chi connectivity index (χ1v) is 6.31. The maximum atomic E-state index is 13.6. The predicted molar refractivity (Wildman–Crippen MR) is 66.2 cm³/mol. The fourth-order valence-corrected chi connectivity index (χ4v) is 2.24. The Labute approximate surface area is 98.8 Å². The number of benzene rings is 1. The molecule has 0 aliphatic rings. The van der Waals surface area contributed by atoms with Crippen LogP contribution >= 0.6 is 0 Å². The number of halogens is 1. The Morgan fingerprint density at radius 3 is 2.19 bits per heavy atom. The van der Waals surface area contributed by atoms with Gasteiger partial charge >= 0.3 is 0 Å². The molecular weight excluding hydrogens is 223 g/mol. The molecule has 0 fully saturated rings. The van der Waals surface area contributed by atoms with Gasteiger partial charge in [0.25, 0.3) is 0 Å². The van der Waals surface area contributed by atoms with Crippen LogP contribution in [-0.2, 0) is 10.8 Å². The highest BCUT2D eigenvalue weighted by Crippen LogP contribution is 2.23. The van der Waals surface area contributed by atoms with Gasteiger partial charge in [0.15, 0.2) is 5.16 Å². The second kappa shape index (κ2) is 4.91. The lowest BCUT2D eigenvalue weighted by atomic mass is 9.98. The van der Waals surface area contributed by atoms with Gasteiger partial charge < -0.3 is 0 Å². The second-order valence-corrected chi connectivity index (χ2v) is 6.30. The largest absolute Gasteiger partial charge is 0.247 e. The molecule has 16 heavy (non-hydrogen) atoms. The fourth-order valence-electron chi connectivity index (χ4n) is 1.17. The van der Waals surface area contributed by atoms with E-state index in [1.165, 1.54) is 6.08 Å². The summed E-state index contributed by atoms with van der Waals surface area (Å²) in [7, 11) is -1.69. The smallest absolute Gasteiger partial charge is 0.188 e. The van der Waals surface area contributed by atoms with E-state index in [2.05, 4.69) is 0 Å². The van der Waals surface area contributed by atoms with Gasteiger partial charge in [0.1, 0.15) is 10.8 Å². The summed E-state index contributed by atoms with van der Waals surface area (Å²) < 4.78 is 25.4. The van der Waals surface area contributed by atoms with E-state index in [0.717, 1.165) is 5.56 Å². The summed E-state index contributed by atoms with van der Waals surface area (Å²) in [5, 5.41) is -0.573. The van der Waals surface area contributed by atoms with E-state index in [1.54, 1.807) is 12.1 Å². The van der Waals surface area contributed by atoms with Crippen LogP contribution in [0.1, 0.15) is 26.3 Å². The molecule has 1 nitrogen and oxygen atoms in total. The van der Waals surface area contributed by atoms with E-state index in [9.17, 15) is 8.60 Å². The normalized spacial score (nSPS) is 14.9. The van der Waals surface area contributed by atoms with Crippen LogP contribution in [0, 0.1) is 12.3 Å². The minimum absolute atomic E-state index is 0.301. The SMILES string of the molecule is Cc1ccc(S(=O)/C(F)=C\C(C)(C)C)cc1. The zero-order valence-electron chi connectivity index (χ0n) is 10.1. The maximum Gasteiger partial charge on any atom is 0.188 e. The Balaban J connectivity index is 2.95. The van der Waals surface area contributed by atoms with E-state index in [0.29, 0.717) is 4.90 Å². The first kappa shape index (κ1) is 13.1. The number of hydrogen-bond donors (Lipinski definition) is 0. The zero-order valence-corrected chi connectivity index (χ0v) is 10.9. The lowest BCUT2D eigenvalue weighted by Crippen LogP contribution is -2.02. The van der Waals surface area contributed by atoms with E-state index < -0.39 is 16.0 Å². The maximum absolute atomic E-state index is 13.6. The van der Waals surface area contributed by atoms with Gasteiger partial charge in [0.05, 0.1) is 0 Å². The Hall–Kier alpha value is -0.960. The van der Waals surface area contributed by atoms with Crippen molar-refractivity contribution in [2.24, 2.45) is 5.41 Å². The van der Waals surface area contributed by atoms with Crippen LogP contribution in [0.2, 0.25) is 0 Å². The van der Waals surface area contributed by atoms with Crippen molar-refractivity contribution in [2.45, 2.75) is 32.6 Å². The molecule has 3 heteroatoms. The summed E-state index contributed by atoms with van der Waals surface area (Å²) in [4.78, 5) is 0.503. The molecule has 1 aromatic rings. The van der Waals surface area contributed by atoms with E-state index in [4.69, 9.17) is 0 Å². The highest BCUT2D eigenvalue weighted by atomic mass is 32.2. The molecule has 1 unspecified atom stereocenters. The second-order valence-electron chi connectivity index (χ2n) is 4.90. The molecule has 1 aromatic carbocycles. The Kier molecular flexibility index (Phi) is 4.03. The van der Waals surface area contributed by atoms with E-state index >= 15 is 0 Å². The number of hydrogen-bond acceptors (Lipinski definition) is 1. The van der Waals surface area contributed by atoms with Crippen LogP contribution in [-0.4, -0.2) is 4.21 Å². The van der Waals surface area contributed by atoms with Gasteiger partial charge in [-0.25, -0.2) is 4.21 Å². The highest BCUT2D eigenvalue weighted by Gasteiger charge is 2.14. The molecule has 0 aliphatic carbocycles. The molecular formula is C13H17FOS. The van der Waals surface area contributed by atoms with Crippen molar-refractivity contribution in [3.63, 3.8) is 0 Å². The standard InChI is InChI=1S/C13H17FOS/c1-10-5-7-11(8-6-10)16(15)12(14)9-13(2,3)4/h5-9H,1-4H3/b12-9-. The predicted octanol–water partition coefficient (Wildman–Crippen LogP) is 3.96. The molecule has 0 amide bonds. The molecule has 0 aliphatic heterocycles. The van der Waals surface area contributed by atoms with Crippen molar-refractivity contribution < 1.29 is 8.60 Å². The van der Waals surface area contributed by atoms with Crippen LogP contribution in [0.15, 0.2) is 40.4 Å². The number of allylic oxidation sites excluding steroid dienone is 1. The summed E-state index contributed by atoms with van der Waals surface area (Å²) in [6, 6.07) is 7.05. The molecule has 0 aromatic heterocycles. The van der Waals surface area contributed by atoms with Crippen molar-refractivity contribution in [1.82, 2.24) is 0 Å². The molecule has 1 rings (SSSR count). The summed E-state index contributed by atoms with van der Waals surface area (Å²) in [6.45, 7) is 7.56. The number of rotatable bonds is 2. The first-order valence-electron chi connectivity index (χ1n) is 5.16. The third kappa shape index (κ3) is 3.89. The third-order valence-electron chi connectivity index (χ3n) is 1.96. The van der Waals surface area contributed by atoms with Crippen LogP contribution in [0.3, 0.4) is 0 Å². The summed E-state index contributed by atoms with van der Waals surface area (Å²) >= 11 is 0. The fraction of sp³-hybridized carbons (Fsp3) is 0.385. The molecule has 0 bridgehead atoms. The molecule has 0 radical (unpaired) electrons. The van der Waals surface area contributed by atoms with E-state index in [1.807, 2.05) is 39.8 Å². The van der Waals surface area contributed by atoms with Crippen molar-refractivity contribution in [2.75, 3.05) is 0 Å². The topological polar surface area (TPSA) is 17.1 Å². The molecule has 0 spiro atoms. The molecule has 0 saturated carbocycles. The molecule has 1 atom stereocenters.